The van der Waals surface area contributed by atoms with Crippen LogP contribution in [-0.2, 0) is 23.7 Å². The van der Waals surface area contributed by atoms with Crippen molar-refractivity contribution in [2.75, 3.05) is 19.8 Å². The van der Waals surface area contributed by atoms with Crippen molar-refractivity contribution >= 4 is 0 Å². The van der Waals surface area contributed by atoms with Gasteiger partial charge in [-0.1, -0.05) is 0 Å². The molecule has 15 heteroatoms. The molecule has 0 aromatic carbocycles. The molecule has 0 radical (unpaired) electrons. The van der Waals surface area contributed by atoms with E-state index in [1.54, 1.807) is 0 Å². The zero-order valence-electron chi connectivity index (χ0n) is 16.8. The second-order valence-corrected chi connectivity index (χ2v) is 7.63. The van der Waals surface area contributed by atoms with Crippen LogP contribution in [0.25, 0.3) is 0 Å². The minimum Gasteiger partial charge on any atom is -0.544 e. The summed E-state index contributed by atoms with van der Waals surface area (Å²) in [5.74, 6) is 0. The van der Waals surface area contributed by atoms with Gasteiger partial charge in [0.15, 0.2) is 12.6 Å². The molecule has 0 aromatic rings. The van der Waals surface area contributed by atoms with Gasteiger partial charge in [-0.2, -0.15) is 6.61 Å². The van der Waals surface area contributed by atoms with E-state index in [1.165, 1.54) is 0 Å². The van der Waals surface area contributed by atoms with Crippen LogP contribution in [0.1, 0.15) is 0 Å². The second-order valence-electron chi connectivity index (χ2n) is 7.63. The quantitative estimate of drug-likeness (QED) is 0.113. The molecule has 13 atom stereocenters. The van der Waals surface area contributed by atoms with Crippen molar-refractivity contribution in [1.29, 1.82) is 0 Å². The maximum Gasteiger partial charge on any atom is 0.187 e. The van der Waals surface area contributed by atoms with E-state index in [0.717, 1.165) is 6.61 Å². The standard InChI is InChI=1S/C17H29O14.U/c18-1-6-10(22)11(23)13(25)17(29-6)31-15-7(2-19)30-16(14(26)12(15)24)28-4-8-9(21)5(20)3-27-8;/h3,5-26H,1-2,4H2;/q-1;/t5?,6?,7?,8-,9?,10+,11+,12-,13?,14?,15+,16-,17+;/m1./s1. The Morgan fingerprint density at radius 2 is 1.25 bits per heavy atom. The van der Waals surface area contributed by atoms with Crippen LogP contribution in [0.5, 0.6) is 0 Å². The molecule has 0 bridgehead atoms. The minimum absolute atomic E-state index is 0. The van der Waals surface area contributed by atoms with E-state index in [0.29, 0.717) is 0 Å². The molecular formula is C17H29O14U-. The van der Waals surface area contributed by atoms with E-state index in [1.807, 2.05) is 0 Å². The minimum atomic E-state index is -1.76. The molecule has 0 aliphatic carbocycles. The van der Waals surface area contributed by atoms with E-state index in [2.05, 4.69) is 0 Å². The first kappa shape index (κ1) is 28.7. The second kappa shape index (κ2) is 12.5. The van der Waals surface area contributed by atoms with Crippen LogP contribution in [0.15, 0.2) is 0 Å². The van der Waals surface area contributed by atoms with Crippen molar-refractivity contribution in [1.82, 2.24) is 0 Å². The van der Waals surface area contributed by atoms with Crippen LogP contribution in [0.2, 0.25) is 0 Å². The monoisotopic (exact) mass is 695 g/mol. The van der Waals surface area contributed by atoms with Crippen molar-refractivity contribution < 1.29 is 101 Å². The van der Waals surface area contributed by atoms with Gasteiger partial charge in [-0.3, -0.25) is 0 Å². The Hall–Kier alpha value is 0.492. The molecule has 3 aliphatic rings. The molecule has 3 saturated heterocycles. The molecule has 14 nitrogen and oxygen atoms in total. The third-order valence-electron chi connectivity index (χ3n) is 5.51. The molecule has 3 aliphatic heterocycles. The molecule has 0 spiro atoms. The Kier molecular flexibility index (Phi) is 11.2. The first-order chi connectivity index (χ1) is 14.7. The fraction of sp³-hybridized carbons (Fsp3) is 0.941. The van der Waals surface area contributed by atoms with E-state index >= 15 is 0 Å². The predicted octanol–water partition coefficient (Wildman–Crippen LogP) is -6.09. The molecule has 3 rings (SSSR count). The topological polar surface area (TPSA) is 228 Å². The number of aliphatic hydroxyl groups is 9. The zero-order valence-corrected chi connectivity index (χ0v) is 20.9. The number of rotatable bonds is 7. The molecule has 3 fully saturated rings. The maximum atomic E-state index is 10.5. The van der Waals surface area contributed by atoms with Crippen molar-refractivity contribution in [3.63, 3.8) is 0 Å². The Bertz CT molecular complexity index is 569. The molecule has 186 valence electrons. The third-order valence-corrected chi connectivity index (χ3v) is 5.51. The van der Waals surface area contributed by atoms with Crippen LogP contribution >= 0.6 is 0 Å². The number of hydrogen-bond acceptors (Lipinski definition) is 14. The van der Waals surface area contributed by atoms with Crippen LogP contribution in [0.3, 0.4) is 0 Å². The van der Waals surface area contributed by atoms with E-state index in [4.69, 9.17) is 23.7 Å². The number of hydrogen-bond donors (Lipinski definition) is 9. The van der Waals surface area contributed by atoms with Gasteiger partial charge in [0.05, 0.1) is 32.0 Å². The Labute approximate surface area is 206 Å². The Balaban J connectivity index is 0.00000363. The molecular weight excluding hydrogens is 666 g/mol. The third kappa shape index (κ3) is 6.00. The zero-order chi connectivity index (χ0) is 22.9. The Morgan fingerprint density at radius 1 is 0.656 bits per heavy atom. The molecule has 0 amide bonds. The summed E-state index contributed by atoms with van der Waals surface area (Å²) in [4.78, 5) is 0. The van der Waals surface area contributed by atoms with Gasteiger partial charge in [0.25, 0.3) is 0 Å². The summed E-state index contributed by atoms with van der Waals surface area (Å²) in [6.07, 6.45) is -19.0. The van der Waals surface area contributed by atoms with Crippen molar-refractivity contribution in [2.24, 2.45) is 0 Å². The molecule has 9 N–H and O–H groups in total. The van der Waals surface area contributed by atoms with Gasteiger partial charge in [-0.05, 0) is 6.10 Å². The van der Waals surface area contributed by atoms with Gasteiger partial charge >= 0.3 is 0 Å². The maximum absolute atomic E-state index is 10.5. The van der Waals surface area contributed by atoms with Gasteiger partial charge in [0, 0.05) is 31.1 Å². The van der Waals surface area contributed by atoms with Gasteiger partial charge in [0.2, 0.25) is 0 Å². The SMILES string of the molecule is OCC1O[C@@H](O[C@H]2C(CO)O[C@@H](OC[C@H]3O[CH-]C(O)C3O)C(O)[C@H]2O)C(O)[C@@H](O)[C@H]1O.[U]. The van der Waals surface area contributed by atoms with Crippen LogP contribution in [-0.4, -0.2) is 146 Å². The van der Waals surface area contributed by atoms with Gasteiger partial charge in [0.1, 0.15) is 48.8 Å². The largest absolute Gasteiger partial charge is 0.544 e. The van der Waals surface area contributed by atoms with Crippen molar-refractivity contribution in [3.8, 4) is 0 Å². The van der Waals surface area contributed by atoms with E-state index < -0.39 is 92.9 Å². The van der Waals surface area contributed by atoms with E-state index in [9.17, 15) is 46.0 Å². The number of ether oxygens (including phenoxy) is 5. The molecule has 3 heterocycles. The smallest absolute Gasteiger partial charge is 0.187 e. The van der Waals surface area contributed by atoms with Gasteiger partial charge < -0.3 is 69.6 Å². The summed E-state index contributed by atoms with van der Waals surface area (Å²) in [6.45, 7) is -0.704. The average Bonchev–Trinajstić information content (AvgIpc) is 3.08. The summed E-state index contributed by atoms with van der Waals surface area (Å²) in [5.41, 5.74) is 0. The van der Waals surface area contributed by atoms with Gasteiger partial charge in [-0.15, -0.1) is 0 Å². The summed E-state index contributed by atoms with van der Waals surface area (Å²) in [7, 11) is 0. The molecule has 32 heavy (non-hydrogen) atoms. The summed E-state index contributed by atoms with van der Waals surface area (Å²) < 4.78 is 26.4. The first-order valence-corrected chi connectivity index (χ1v) is 9.74. The number of aliphatic hydroxyl groups excluding tert-OH is 9. The first-order valence-electron chi connectivity index (χ1n) is 9.74. The summed E-state index contributed by atoms with van der Waals surface area (Å²) >= 11 is 0. The van der Waals surface area contributed by atoms with Gasteiger partial charge in [-0.25, -0.2) is 0 Å². The van der Waals surface area contributed by atoms with Crippen LogP contribution in [0.4, 0.5) is 0 Å². The fourth-order valence-electron chi connectivity index (χ4n) is 3.58. The van der Waals surface area contributed by atoms with Crippen molar-refractivity contribution in [2.45, 2.75) is 79.7 Å². The molecule has 6 unspecified atom stereocenters. The fourth-order valence-corrected chi connectivity index (χ4v) is 3.58. The van der Waals surface area contributed by atoms with Crippen molar-refractivity contribution in [3.05, 3.63) is 6.61 Å². The summed E-state index contributed by atoms with van der Waals surface area (Å²) in [6, 6.07) is 0. The average molecular weight is 695 g/mol. The van der Waals surface area contributed by atoms with Crippen LogP contribution in [0, 0.1) is 37.7 Å². The predicted molar refractivity (Wildman–Crippen MR) is 93.5 cm³/mol. The molecule has 0 saturated carbocycles. The van der Waals surface area contributed by atoms with E-state index in [-0.39, 0.29) is 37.7 Å². The Morgan fingerprint density at radius 3 is 1.81 bits per heavy atom. The molecule has 0 aromatic heterocycles. The normalized spacial score (nSPS) is 49.6. The summed E-state index contributed by atoms with van der Waals surface area (Å²) in [5, 5.41) is 88.7. The van der Waals surface area contributed by atoms with Crippen LogP contribution < -0.4 is 0 Å².